The highest BCUT2D eigenvalue weighted by molar-refractivity contribution is 5.97. The first-order valence-electron chi connectivity index (χ1n) is 7.89. The molecule has 0 aliphatic heterocycles. The first-order valence-corrected chi connectivity index (χ1v) is 7.89. The van der Waals surface area contributed by atoms with Crippen molar-refractivity contribution in [1.82, 2.24) is 15.1 Å². The lowest BCUT2D eigenvalue weighted by Crippen LogP contribution is -2.26. The maximum Gasteiger partial charge on any atom is 0.269 e. The third-order valence-corrected chi connectivity index (χ3v) is 4.04. The van der Waals surface area contributed by atoms with Crippen LogP contribution in [0.5, 0.6) is 0 Å². The van der Waals surface area contributed by atoms with Crippen LogP contribution in [0, 0.1) is 13.8 Å². The first kappa shape index (κ1) is 16.9. The third-order valence-electron chi connectivity index (χ3n) is 4.04. The predicted octanol–water partition coefficient (Wildman–Crippen LogP) is 2.17. The van der Waals surface area contributed by atoms with Crippen LogP contribution in [-0.4, -0.2) is 22.2 Å². The van der Waals surface area contributed by atoms with Crippen LogP contribution in [0.4, 0.5) is 5.69 Å². The Morgan fingerprint density at radius 3 is 2.61 bits per heavy atom. The lowest BCUT2D eigenvalue weighted by Gasteiger charge is -2.12. The van der Waals surface area contributed by atoms with E-state index in [0.29, 0.717) is 17.7 Å². The maximum atomic E-state index is 12.4. The van der Waals surface area contributed by atoms with E-state index in [0.717, 1.165) is 23.5 Å². The number of carbonyl (C=O) groups is 1. The summed E-state index contributed by atoms with van der Waals surface area (Å²) >= 11 is 0. The molecule has 1 aromatic heterocycles. The highest BCUT2D eigenvalue weighted by atomic mass is 16.2. The number of benzene rings is 1. The van der Waals surface area contributed by atoms with Gasteiger partial charge in [-0.25, -0.2) is 0 Å². The van der Waals surface area contributed by atoms with E-state index in [-0.39, 0.29) is 18.0 Å². The molecule has 0 unspecified atom stereocenters. The second-order valence-electron chi connectivity index (χ2n) is 5.44. The molecular weight excluding hydrogens is 292 g/mol. The summed E-state index contributed by atoms with van der Waals surface area (Å²) in [5.41, 5.74) is 3.78. The average Bonchev–Trinajstić information content (AvgIpc) is 2.81. The smallest absolute Gasteiger partial charge is 0.269 e. The van der Waals surface area contributed by atoms with Gasteiger partial charge in [0.1, 0.15) is 0 Å². The Hall–Kier alpha value is -2.50. The Morgan fingerprint density at radius 2 is 2.00 bits per heavy atom. The molecule has 0 saturated heterocycles. The van der Waals surface area contributed by atoms with Gasteiger partial charge in [0.05, 0.1) is 12.1 Å². The standard InChI is InChI=1S/C17H24N4O2/c1-5-18-15-9-7-8-13(11(15)3)16(22)19-10-14-12(4)21(6-2)20-17(14)23/h7-9,18H,5-6,10H2,1-4H3,(H,19,22)(H,20,23). The van der Waals surface area contributed by atoms with Crippen molar-refractivity contribution in [2.45, 2.75) is 40.8 Å². The zero-order valence-corrected chi connectivity index (χ0v) is 14.1. The monoisotopic (exact) mass is 316 g/mol. The van der Waals surface area contributed by atoms with E-state index in [4.69, 9.17) is 0 Å². The molecule has 2 rings (SSSR count). The van der Waals surface area contributed by atoms with E-state index in [1.54, 1.807) is 10.7 Å². The van der Waals surface area contributed by atoms with Gasteiger partial charge in [0.2, 0.25) is 0 Å². The van der Waals surface area contributed by atoms with Crippen LogP contribution >= 0.6 is 0 Å². The Balaban J connectivity index is 2.16. The highest BCUT2D eigenvalue weighted by Gasteiger charge is 2.14. The number of hydrogen-bond acceptors (Lipinski definition) is 3. The molecule has 6 heteroatoms. The molecule has 124 valence electrons. The molecule has 0 aliphatic rings. The summed E-state index contributed by atoms with van der Waals surface area (Å²) in [5.74, 6) is -0.176. The van der Waals surface area contributed by atoms with Gasteiger partial charge >= 0.3 is 0 Å². The second-order valence-corrected chi connectivity index (χ2v) is 5.44. The van der Waals surface area contributed by atoms with Crippen molar-refractivity contribution in [1.29, 1.82) is 0 Å². The number of amides is 1. The minimum absolute atomic E-state index is 0.150. The van der Waals surface area contributed by atoms with Crippen molar-refractivity contribution in [2.75, 3.05) is 11.9 Å². The third kappa shape index (κ3) is 3.47. The van der Waals surface area contributed by atoms with Gasteiger partial charge in [-0.1, -0.05) is 6.07 Å². The molecular formula is C17H24N4O2. The fraction of sp³-hybridized carbons (Fsp3) is 0.412. The Labute approximate surface area is 135 Å². The zero-order chi connectivity index (χ0) is 17.0. The van der Waals surface area contributed by atoms with Crippen molar-refractivity contribution in [2.24, 2.45) is 0 Å². The van der Waals surface area contributed by atoms with Crippen LogP contribution in [-0.2, 0) is 13.1 Å². The lowest BCUT2D eigenvalue weighted by molar-refractivity contribution is 0.0950. The largest absolute Gasteiger partial charge is 0.385 e. The molecule has 1 aromatic carbocycles. The zero-order valence-electron chi connectivity index (χ0n) is 14.1. The van der Waals surface area contributed by atoms with Gasteiger partial charge in [0.15, 0.2) is 0 Å². The molecule has 0 atom stereocenters. The van der Waals surface area contributed by atoms with Gasteiger partial charge in [-0.2, -0.15) is 0 Å². The second kappa shape index (κ2) is 7.17. The Bertz CT molecular complexity index is 758. The van der Waals surface area contributed by atoms with Crippen LogP contribution in [0.2, 0.25) is 0 Å². The summed E-state index contributed by atoms with van der Waals surface area (Å²) in [4.78, 5) is 24.4. The molecule has 23 heavy (non-hydrogen) atoms. The minimum Gasteiger partial charge on any atom is -0.385 e. The van der Waals surface area contributed by atoms with Crippen LogP contribution in [0.25, 0.3) is 0 Å². The molecule has 0 saturated carbocycles. The highest BCUT2D eigenvalue weighted by Crippen LogP contribution is 2.18. The summed E-state index contributed by atoms with van der Waals surface area (Å²) in [6.07, 6.45) is 0. The molecule has 2 aromatic rings. The average molecular weight is 316 g/mol. The SMILES string of the molecule is CCNc1cccc(C(=O)NCc2c(C)n(CC)[nH]c2=O)c1C. The van der Waals surface area contributed by atoms with Crippen LogP contribution in [0.1, 0.15) is 41.0 Å². The summed E-state index contributed by atoms with van der Waals surface area (Å²) in [5, 5.41) is 8.84. The Kier molecular flexibility index (Phi) is 5.26. The molecule has 6 nitrogen and oxygen atoms in total. The van der Waals surface area contributed by atoms with Crippen molar-refractivity contribution in [3.63, 3.8) is 0 Å². The van der Waals surface area contributed by atoms with Gasteiger partial charge < -0.3 is 10.6 Å². The van der Waals surface area contributed by atoms with Gasteiger partial charge in [0, 0.05) is 30.0 Å². The van der Waals surface area contributed by atoms with E-state index < -0.39 is 0 Å². The molecule has 0 spiro atoms. The molecule has 0 radical (unpaired) electrons. The number of nitrogens with zero attached hydrogens (tertiary/aromatic N) is 1. The number of hydrogen-bond donors (Lipinski definition) is 3. The number of rotatable bonds is 6. The first-order chi connectivity index (χ1) is 11.0. The number of aromatic amines is 1. The number of anilines is 1. The molecule has 1 amide bonds. The number of aromatic nitrogens is 2. The van der Waals surface area contributed by atoms with Crippen LogP contribution in [0.3, 0.4) is 0 Å². The lowest BCUT2D eigenvalue weighted by atomic mass is 10.1. The summed E-state index contributed by atoms with van der Waals surface area (Å²) in [6, 6.07) is 5.59. The number of carbonyl (C=O) groups excluding carboxylic acids is 1. The molecule has 0 fully saturated rings. The molecule has 0 aliphatic carbocycles. The van der Waals surface area contributed by atoms with E-state index in [9.17, 15) is 9.59 Å². The maximum absolute atomic E-state index is 12.4. The van der Waals surface area contributed by atoms with Crippen LogP contribution < -0.4 is 16.2 Å². The quantitative estimate of drug-likeness (QED) is 0.764. The van der Waals surface area contributed by atoms with Crippen molar-refractivity contribution in [3.8, 4) is 0 Å². The minimum atomic E-state index is -0.176. The number of H-pyrrole nitrogens is 1. The topological polar surface area (TPSA) is 78.9 Å². The summed E-state index contributed by atoms with van der Waals surface area (Å²) in [7, 11) is 0. The number of nitrogens with one attached hydrogen (secondary N) is 3. The summed E-state index contributed by atoms with van der Waals surface area (Å²) < 4.78 is 1.78. The van der Waals surface area contributed by atoms with Gasteiger partial charge in [0.25, 0.3) is 11.5 Å². The normalized spacial score (nSPS) is 10.6. The molecule has 3 N–H and O–H groups in total. The number of aryl methyl sites for hydroxylation is 1. The van der Waals surface area contributed by atoms with Gasteiger partial charge in [-0.15, -0.1) is 0 Å². The predicted molar refractivity (Wildman–Crippen MR) is 92.0 cm³/mol. The van der Waals surface area contributed by atoms with Crippen LogP contribution in [0.15, 0.2) is 23.0 Å². The van der Waals surface area contributed by atoms with Gasteiger partial charge in [-0.05, 0) is 45.4 Å². The molecule has 1 heterocycles. The van der Waals surface area contributed by atoms with Crippen molar-refractivity contribution < 1.29 is 4.79 Å². The van der Waals surface area contributed by atoms with E-state index >= 15 is 0 Å². The van der Waals surface area contributed by atoms with Crippen molar-refractivity contribution in [3.05, 3.63) is 50.9 Å². The molecule has 0 bridgehead atoms. The van der Waals surface area contributed by atoms with E-state index in [1.165, 1.54) is 0 Å². The van der Waals surface area contributed by atoms with E-state index in [1.807, 2.05) is 39.8 Å². The van der Waals surface area contributed by atoms with Gasteiger partial charge in [-0.3, -0.25) is 19.4 Å². The Morgan fingerprint density at radius 1 is 1.26 bits per heavy atom. The fourth-order valence-electron chi connectivity index (χ4n) is 2.65. The van der Waals surface area contributed by atoms with Crippen molar-refractivity contribution >= 4 is 11.6 Å². The summed E-state index contributed by atoms with van der Waals surface area (Å²) in [6.45, 7) is 9.47. The fourth-order valence-corrected chi connectivity index (χ4v) is 2.65. The van der Waals surface area contributed by atoms with E-state index in [2.05, 4.69) is 15.7 Å².